The molecule has 0 saturated carbocycles. The van der Waals surface area contributed by atoms with Gasteiger partial charge in [-0.2, -0.15) is 0 Å². The molecule has 1 aliphatic rings. The summed E-state index contributed by atoms with van der Waals surface area (Å²) in [5.41, 5.74) is 2.99. The van der Waals surface area contributed by atoms with Crippen LogP contribution in [0.4, 0.5) is 0 Å². The number of hydrogen-bond donors (Lipinski definition) is 1. The molecule has 2 heteroatoms. The molecular weight excluding hydrogens is 258 g/mol. The first-order valence-electron chi connectivity index (χ1n) is 8.37. The number of nitrogens with one attached hydrogen (secondary N) is 1. The lowest BCUT2D eigenvalue weighted by atomic mass is 9.90. The van der Waals surface area contributed by atoms with Crippen molar-refractivity contribution in [3.8, 4) is 0 Å². The van der Waals surface area contributed by atoms with Crippen molar-refractivity contribution in [1.82, 2.24) is 5.32 Å². The molecule has 0 bridgehead atoms. The van der Waals surface area contributed by atoms with Gasteiger partial charge in [-0.3, -0.25) is 0 Å². The number of hydrogen-bond acceptors (Lipinski definition) is 2. The average molecular weight is 289 g/mol. The summed E-state index contributed by atoms with van der Waals surface area (Å²) in [6.45, 7) is 10.9. The van der Waals surface area contributed by atoms with Gasteiger partial charge in [-0.1, -0.05) is 29.8 Å². The zero-order valence-corrected chi connectivity index (χ0v) is 14.1. The molecule has 1 aromatic carbocycles. The fraction of sp³-hybridized carbons (Fsp3) is 0.684. The monoisotopic (exact) mass is 289 g/mol. The third-order valence-corrected chi connectivity index (χ3v) is 4.25. The fourth-order valence-electron chi connectivity index (χ4n) is 3.00. The van der Waals surface area contributed by atoms with Crippen LogP contribution in [0, 0.1) is 6.92 Å². The van der Waals surface area contributed by atoms with Crippen LogP contribution in [-0.4, -0.2) is 24.8 Å². The van der Waals surface area contributed by atoms with Crippen LogP contribution in [0.15, 0.2) is 24.3 Å². The number of benzene rings is 1. The maximum atomic E-state index is 5.79. The minimum Gasteiger partial charge on any atom is -0.378 e. The van der Waals surface area contributed by atoms with E-state index in [0.29, 0.717) is 12.0 Å². The van der Waals surface area contributed by atoms with Crippen LogP contribution in [0.1, 0.15) is 63.5 Å². The third-order valence-electron chi connectivity index (χ3n) is 4.25. The van der Waals surface area contributed by atoms with Gasteiger partial charge in [0.15, 0.2) is 0 Å². The van der Waals surface area contributed by atoms with Gasteiger partial charge in [0.05, 0.1) is 6.10 Å². The van der Waals surface area contributed by atoms with E-state index in [-0.39, 0.29) is 5.54 Å². The summed E-state index contributed by atoms with van der Waals surface area (Å²) < 4.78 is 5.79. The van der Waals surface area contributed by atoms with Gasteiger partial charge < -0.3 is 10.1 Å². The second-order valence-corrected chi connectivity index (χ2v) is 7.45. The van der Waals surface area contributed by atoms with E-state index in [1.54, 1.807) is 0 Å². The van der Waals surface area contributed by atoms with Gasteiger partial charge >= 0.3 is 0 Å². The summed E-state index contributed by atoms with van der Waals surface area (Å²) in [6, 6.07) is 8.97. The average Bonchev–Trinajstić information content (AvgIpc) is 2.90. The first-order valence-corrected chi connectivity index (χ1v) is 8.37. The Morgan fingerprint density at radius 2 is 2.14 bits per heavy atom. The molecule has 1 aromatic rings. The van der Waals surface area contributed by atoms with Crippen LogP contribution in [-0.2, 0) is 4.74 Å². The summed E-state index contributed by atoms with van der Waals surface area (Å²) in [7, 11) is 0. The zero-order valence-electron chi connectivity index (χ0n) is 14.1. The zero-order chi connectivity index (χ0) is 15.3. The highest BCUT2D eigenvalue weighted by atomic mass is 16.5. The lowest BCUT2D eigenvalue weighted by Gasteiger charge is -2.26. The molecule has 2 atom stereocenters. The molecule has 21 heavy (non-hydrogen) atoms. The van der Waals surface area contributed by atoms with E-state index in [1.807, 2.05) is 0 Å². The highest BCUT2D eigenvalue weighted by Crippen LogP contribution is 2.26. The molecule has 1 N–H and O–H groups in total. The topological polar surface area (TPSA) is 21.3 Å². The summed E-state index contributed by atoms with van der Waals surface area (Å²) in [4.78, 5) is 0. The summed E-state index contributed by atoms with van der Waals surface area (Å²) >= 11 is 0. The smallest absolute Gasteiger partial charge is 0.0576 e. The Morgan fingerprint density at radius 3 is 2.76 bits per heavy atom. The molecule has 0 aliphatic carbocycles. The maximum absolute atomic E-state index is 5.79. The van der Waals surface area contributed by atoms with Crippen LogP contribution in [0.3, 0.4) is 0 Å². The molecule has 118 valence electrons. The Hall–Kier alpha value is -0.860. The van der Waals surface area contributed by atoms with Gasteiger partial charge in [-0.05, 0) is 64.9 Å². The van der Waals surface area contributed by atoms with E-state index >= 15 is 0 Å². The molecule has 1 saturated heterocycles. The van der Waals surface area contributed by atoms with Gasteiger partial charge in [0.25, 0.3) is 0 Å². The van der Waals surface area contributed by atoms with E-state index in [2.05, 4.69) is 57.3 Å². The second kappa shape index (κ2) is 7.42. The molecule has 0 aromatic heterocycles. The molecule has 2 unspecified atom stereocenters. The maximum Gasteiger partial charge on any atom is 0.0576 e. The number of rotatable bonds is 6. The Morgan fingerprint density at radius 1 is 1.33 bits per heavy atom. The molecule has 2 rings (SSSR count). The van der Waals surface area contributed by atoms with Crippen LogP contribution in [0.2, 0.25) is 0 Å². The molecule has 1 heterocycles. The quantitative estimate of drug-likeness (QED) is 0.836. The van der Waals surface area contributed by atoms with E-state index in [0.717, 1.165) is 13.2 Å². The predicted octanol–water partition coefficient (Wildman–Crippen LogP) is 4.43. The van der Waals surface area contributed by atoms with Crippen molar-refractivity contribution in [3.63, 3.8) is 0 Å². The fourth-order valence-corrected chi connectivity index (χ4v) is 3.00. The minimum absolute atomic E-state index is 0.173. The molecular formula is C19H31NO. The third kappa shape index (κ3) is 5.80. The van der Waals surface area contributed by atoms with Crippen LogP contribution < -0.4 is 5.32 Å². The molecule has 0 amide bonds. The van der Waals surface area contributed by atoms with E-state index in [1.165, 1.54) is 36.8 Å². The summed E-state index contributed by atoms with van der Waals surface area (Å²) in [5, 5.41) is 3.67. The highest BCUT2D eigenvalue weighted by molar-refractivity contribution is 5.25. The lowest BCUT2D eigenvalue weighted by molar-refractivity contribution is 0.100. The first-order chi connectivity index (χ1) is 9.94. The molecule has 0 radical (unpaired) electrons. The van der Waals surface area contributed by atoms with Crippen molar-refractivity contribution in [2.75, 3.05) is 13.2 Å². The molecule has 0 spiro atoms. The van der Waals surface area contributed by atoms with Crippen molar-refractivity contribution < 1.29 is 4.74 Å². The van der Waals surface area contributed by atoms with E-state index in [9.17, 15) is 0 Å². The molecule has 1 fully saturated rings. The van der Waals surface area contributed by atoms with Crippen molar-refractivity contribution in [2.24, 2.45) is 0 Å². The standard InChI is InChI=1S/C19H31NO/c1-15-7-5-8-16(13-15)17(14-20-19(2,3)4)10-11-18-9-6-12-21-18/h5,7-8,13,17-18,20H,6,9-12,14H2,1-4H3. The van der Waals surface area contributed by atoms with Gasteiger partial charge in [0.1, 0.15) is 0 Å². The first kappa shape index (κ1) is 16.5. The minimum atomic E-state index is 0.173. The highest BCUT2D eigenvalue weighted by Gasteiger charge is 2.20. The number of ether oxygens (including phenoxy) is 1. The summed E-state index contributed by atoms with van der Waals surface area (Å²) in [6.07, 6.45) is 5.36. The van der Waals surface area contributed by atoms with Crippen LogP contribution in [0.5, 0.6) is 0 Å². The number of aryl methyl sites for hydroxylation is 1. The normalized spacial score (nSPS) is 20.7. The SMILES string of the molecule is Cc1cccc(C(CCC2CCCO2)CNC(C)(C)C)c1. The van der Waals surface area contributed by atoms with Crippen molar-refractivity contribution in [3.05, 3.63) is 35.4 Å². The summed E-state index contributed by atoms with van der Waals surface area (Å²) in [5.74, 6) is 0.577. The Bertz CT molecular complexity index is 429. The van der Waals surface area contributed by atoms with Gasteiger partial charge in [-0.25, -0.2) is 0 Å². The predicted molar refractivity (Wildman–Crippen MR) is 89.9 cm³/mol. The van der Waals surface area contributed by atoms with E-state index in [4.69, 9.17) is 4.74 Å². The van der Waals surface area contributed by atoms with Crippen LogP contribution in [0.25, 0.3) is 0 Å². The largest absolute Gasteiger partial charge is 0.378 e. The van der Waals surface area contributed by atoms with E-state index < -0.39 is 0 Å². The van der Waals surface area contributed by atoms with Gasteiger partial charge in [0.2, 0.25) is 0 Å². The van der Waals surface area contributed by atoms with Crippen molar-refractivity contribution in [1.29, 1.82) is 0 Å². The second-order valence-electron chi connectivity index (χ2n) is 7.45. The Kier molecular flexibility index (Phi) is 5.83. The van der Waals surface area contributed by atoms with Crippen molar-refractivity contribution >= 4 is 0 Å². The Labute approximate surface area is 130 Å². The molecule has 1 aliphatic heterocycles. The van der Waals surface area contributed by atoms with Gasteiger partial charge in [-0.15, -0.1) is 0 Å². The van der Waals surface area contributed by atoms with Crippen molar-refractivity contribution in [2.45, 2.75) is 70.9 Å². The molecule has 2 nitrogen and oxygen atoms in total. The van der Waals surface area contributed by atoms with Crippen LogP contribution >= 0.6 is 0 Å². The Balaban J connectivity index is 1.98. The van der Waals surface area contributed by atoms with Gasteiger partial charge in [0, 0.05) is 18.7 Å². The lowest BCUT2D eigenvalue weighted by Crippen LogP contribution is -2.38.